The Kier molecular flexibility index (Phi) is 3.54. The van der Waals surface area contributed by atoms with Crippen LogP contribution in [0, 0.1) is 0 Å². The predicted molar refractivity (Wildman–Crippen MR) is 89.6 cm³/mol. The minimum absolute atomic E-state index is 0.105. The summed E-state index contributed by atoms with van der Waals surface area (Å²) < 4.78 is 2.27. The number of carboxylic acids is 1. The molecular formula is C19H25NO2. The maximum absolute atomic E-state index is 11.2. The Balaban J connectivity index is 2.23. The lowest BCUT2D eigenvalue weighted by Gasteiger charge is -2.23. The van der Waals surface area contributed by atoms with Gasteiger partial charge in [0.1, 0.15) is 0 Å². The molecule has 1 aromatic heterocycles. The molecule has 0 bridgehead atoms. The molecule has 22 heavy (non-hydrogen) atoms. The lowest BCUT2D eigenvalue weighted by Crippen LogP contribution is -2.14. The maximum Gasteiger partial charge on any atom is 0.303 e. The fraction of sp³-hybridized carbons (Fsp3) is 0.526. The summed E-state index contributed by atoms with van der Waals surface area (Å²) in [6, 6.07) is 6.69. The first-order chi connectivity index (χ1) is 10.3. The summed E-state index contributed by atoms with van der Waals surface area (Å²) in [5.74, 6) is -0.540. The normalized spacial score (nSPS) is 18.5. The number of aliphatic carboxylic acids is 1. The minimum atomic E-state index is -0.693. The van der Waals surface area contributed by atoms with E-state index in [0.29, 0.717) is 0 Å². The molecule has 1 unspecified atom stereocenters. The third-order valence-corrected chi connectivity index (χ3v) is 5.03. The van der Waals surface area contributed by atoms with E-state index in [1.54, 1.807) is 0 Å². The fourth-order valence-corrected chi connectivity index (χ4v) is 3.83. The standard InChI is InChI=1S/C19H25NO2/c1-19(2,3)13-8-9-15-14(11-13)18-12(10-17(21)22)6-5-7-16(18)20(15)4/h8-9,11-12H,5-7,10H2,1-4H3,(H,21,22). The number of aromatic nitrogens is 1. The summed E-state index contributed by atoms with van der Waals surface area (Å²) in [5.41, 5.74) is 5.27. The average Bonchev–Trinajstić information content (AvgIpc) is 2.72. The molecule has 1 atom stereocenters. The quantitative estimate of drug-likeness (QED) is 0.894. The van der Waals surface area contributed by atoms with E-state index in [0.717, 1.165) is 19.3 Å². The molecule has 3 heteroatoms. The van der Waals surface area contributed by atoms with Crippen LogP contribution in [-0.4, -0.2) is 15.6 Å². The molecule has 1 aromatic carbocycles. The van der Waals surface area contributed by atoms with E-state index in [9.17, 15) is 9.90 Å². The van der Waals surface area contributed by atoms with Crippen LogP contribution in [0.3, 0.4) is 0 Å². The third kappa shape index (κ3) is 2.43. The van der Waals surface area contributed by atoms with Gasteiger partial charge in [0.05, 0.1) is 6.42 Å². The first kappa shape index (κ1) is 15.1. The highest BCUT2D eigenvalue weighted by Crippen LogP contribution is 2.41. The van der Waals surface area contributed by atoms with Crippen LogP contribution < -0.4 is 0 Å². The van der Waals surface area contributed by atoms with Crippen LogP contribution in [0.5, 0.6) is 0 Å². The molecule has 1 aliphatic carbocycles. The topological polar surface area (TPSA) is 42.2 Å². The molecule has 3 nitrogen and oxygen atoms in total. The molecule has 118 valence electrons. The molecule has 3 rings (SSSR count). The summed E-state index contributed by atoms with van der Waals surface area (Å²) in [4.78, 5) is 11.2. The number of hydrogen-bond acceptors (Lipinski definition) is 1. The van der Waals surface area contributed by atoms with Crippen molar-refractivity contribution >= 4 is 16.9 Å². The van der Waals surface area contributed by atoms with E-state index < -0.39 is 5.97 Å². The molecule has 1 aliphatic rings. The van der Waals surface area contributed by atoms with Gasteiger partial charge in [-0.2, -0.15) is 0 Å². The summed E-state index contributed by atoms with van der Waals surface area (Å²) in [5, 5.41) is 10.5. The van der Waals surface area contributed by atoms with Gasteiger partial charge in [0, 0.05) is 23.6 Å². The van der Waals surface area contributed by atoms with Crippen molar-refractivity contribution in [3.05, 3.63) is 35.0 Å². The van der Waals surface area contributed by atoms with Crippen molar-refractivity contribution in [2.45, 2.75) is 57.8 Å². The average molecular weight is 299 g/mol. The third-order valence-electron chi connectivity index (χ3n) is 5.03. The van der Waals surface area contributed by atoms with Gasteiger partial charge in [-0.3, -0.25) is 4.79 Å². The summed E-state index contributed by atoms with van der Waals surface area (Å²) in [6.45, 7) is 6.66. The van der Waals surface area contributed by atoms with Gasteiger partial charge in [0.15, 0.2) is 0 Å². The molecule has 0 saturated heterocycles. The number of hydrogen-bond donors (Lipinski definition) is 1. The second-order valence-electron chi connectivity index (χ2n) is 7.59. The second kappa shape index (κ2) is 5.15. The van der Waals surface area contributed by atoms with Crippen LogP contribution in [-0.2, 0) is 23.7 Å². The number of fused-ring (bicyclic) bond motifs is 3. The fourth-order valence-electron chi connectivity index (χ4n) is 3.83. The number of nitrogens with zero attached hydrogens (tertiary/aromatic N) is 1. The van der Waals surface area contributed by atoms with Crippen molar-refractivity contribution in [3.63, 3.8) is 0 Å². The zero-order valence-electron chi connectivity index (χ0n) is 13.9. The van der Waals surface area contributed by atoms with E-state index in [2.05, 4.69) is 50.6 Å². The van der Waals surface area contributed by atoms with Crippen molar-refractivity contribution in [3.8, 4) is 0 Å². The Labute approximate surface area is 131 Å². The van der Waals surface area contributed by atoms with Crippen molar-refractivity contribution in [2.75, 3.05) is 0 Å². The van der Waals surface area contributed by atoms with E-state index in [1.165, 1.54) is 27.7 Å². The Bertz CT molecular complexity index is 734. The van der Waals surface area contributed by atoms with Crippen LogP contribution in [0.4, 0.5) is 0 Å². The molecule has 1 N–H and O–H groups in total. The monoisotopic (exact) mass is 299 g/mol. The summed E-state index contributed by atoms with van der Waals surface area (Å²) in [6.07, 6.45) is 3.37. The Morgan fingerprint density at radius 2 is 2.09 bits per heavy atom. The Morgan fingerprint density at radius 1 is 1.36 bits per heavy atom. The van der Waals surface area contributed by atoms with Crippen LogP contribution in [0.2, 0.25) is 0 Å². The van der Waals surface area contributed by atoms with Gasteiger partial charge in [-0.1, -0.05) is 26.8 Å². The highest BCUT2D eigenvalue weighted by Gasteiger charge is 2.28. The van der Waals surface area contributed by atoms with Crippen molar-refractivity contribution in [2.24, 2.45) is 7.05 Å². The maximum atomic E-state index is 11.2. The molecule has 0 spiro atoms. The molecule has 0 saturated carbocycles. The van der Waals surface area contributed by atoms with Crippen LogP contribution in [0.1, 0.15) is 62.8 Å². The molecule has 1 heterocycles. The van der Waals surface area contributed by atoms with E-state index in [-0.39, 0.29) is 17.8 Å². The van der Waals surface area contributed by atoms with Crippen molar-refractivity contribution in [1.29, 1.82) is 0 Å². The lowest BCUT2D eigenvalue weighted by molar-refractivity contribution is -0.137. The van der Waals surface area contributed by atoms with Gasteiger partial charge in [-0.15, -0.1) is 0 Å². The number of benzene rings is 1. The molecule has 0 amide bonds. The Morgan fingerprint density at radius 3 is 2.73 bits per heavy atom. The number of rotatable bonds is 2. The number of aryl methyl sites for hydroxylation is 1. The SMILES string of the molecule is Cn1c2c(c3cc(C(C)(C)C)ccc31)C(CC(=O)O)CCC2. The van der Waals surface area contributed by atoms with Crippen LogP contribution in [0.25, 0.3) is 10.9 Å². The molecule has 2 aromatic rings. The van der Waals surface area contributed by atoms with Gasteiger partial charge < -0.3 is 9.67 Å². The molecular weight excluding hydrogens is 274 g/mol. The van der Waals surface area contributed by atoms with Gasteiger partial charge in [0.25, 0.3) is 0 Å². The summed E-state index contributed by atoms with van der Waals surface area (Å²) in [7, 11) is 2.11. The van der Waals surface area contributed by atoms with Crippen molar-refractivity contribution in [1.82, 2.24) is 4.57 Å². The molecule has 0 fully saturated rings. The van der Waals surface area contributed by atoms with Gasteiger partial charge in [0.2, 0.25) is 0 Å². The predicted octanol–water partition coefficient (Wildman–Crippen LogP) is 4.37. The summed E-state index contributed by atoms with van der Waals surface area (Å²) >= 11 is 0. The van der Waals surface area contributed by atoms with E-state index in [4.69, 9.17) is 0 Å². The van der Waals surface area contributed by atoms with Gasteiger partial charge in [-0.05, 0) is 53.9 Å². The highest BCUT2D eigenvalue weighted by molar-refractivity contribution is 5.88. The number of carbonyl (C=O) groups is 1. The first-order valence-corrected chi connectivity index (χ1v) is 8.12. The first-order valence-electron chi connectivity index (χ1n) is 8.12. The number of carboxylic acid groups (broad SMARTS) is 1. The lowest BCUT2D eigenvalue weighted by atomic mass is 9.81. The zero-order valence-corrected chi connectivity index (χ0v) is 13.9. The largest absolute Gasteiger partial charge is 0.481 e. The van der Waals surface area contributed by atoms with Gasteiger partial charge >= 0.3 is 5.97 Å². The van der Waals surface area contributed by atoms with E-state index >= 15 is 0 Å². The highest BCUT2D eigenvalue weighted by atomic mass is 16.4. The smallest absolute Gasteiger partial charge is 0.303 e. The van der Waals surface area contributed by atoms with Crippen molar-refractivity contribution < 1.29 is 9.90 Å². The molecule has 0 aliphatic heterocycles. The Hall–Kier alpha value is -1.77. The van der Waals surface area contributed by atoms with Crippen LogP contribution >= 0.6 is 0 Å². The minimum Gasteiger partial charge on any atom is -0.481 e. The van der Waals surface area contributed by atoms with Crippen LogP contribution in [0.15, 0.2) is 18.2 Å². The van der Waals surface area contributed by atoms with Gasteiger partial charge in [-0.25, -0.2) is 0 Å². The molecule has 0 radical (unpaired) electrons. The van der Waals surface area contributed by atoms with E-state index in [1.807, 2.05) is 0 Å². The second-order valence-corrected chi connectivity index (χ2v) is 7.59. The zero-order chi connectivity index (χ0) is 16.1.